The van der Waals surface area contributed by atoms with Crippen molar-refractivity contribution in [2.24, 2.45) is 0 Å². The molecule has 0 unspecified atom stereocenters. The lowest BCUT2D eigenvalue weighted by Crippen LogP contribution is -2.30. The van der Waals surface area contributed by atoms with Gasteiger partial charge in [-0.2, -0.15) is 0 Å². The van der Waals surface area contributed by atoms with Crippen molar-refractivity contribution in [1.82, 2.24) is 0 Å². The number of ether oxygens (including phenoxy) is 3. The third-order valence-electron chi connectivity index (χ3n) is 11.1. The van der Waals surface area contributed by atoms with Crippen LogP contribution in [0.15, 0.2) is 36.5 Å². The summed E-state index contributed by atoms with van der Waals surface area (Å²) < 4.78 is 16.8. The number of hydrogen-bond donors (Lipinski definition) is 0. The summed E-state index contributed by atoms with van der Waals surface area (Å²) in [6.45, 7) is 6.59. The van der Waals surface area contributed by atoms with Gasteiger partial charge in [-0.1, -0.05) is 205 Å². The van der Waals surface area contributed by atoms with Gasteiger partial charge < -0.3 is 14.2 Å². The first-order valence-electron chi connectivity index (χ1n) is 25.5. The van der Waals surface area contributed by atoms with Crippen LogP contribution in [-0.4, -0.2) is 37.2 Å². The molecule has 0 aromatic heterocycles. The van der Waals surface area contributed by atoms with Crippen LogP contribution in [0.4, 0.5) is 0 Å². The molecule has 0 saturated carbocycles. The Kier molecular flexibility index (Phi) is 46.4. The fraction of sp³-hybridized carbons (Fsp3) is 0.830. The quantitative estimate of drug-likeness (QED) is 0.0263. The second-order valence-electron chi connectivity index (χ2n) is 17.1. The molecule has 6 nitrogen and oxygen atoms in total. The zero-order valence-electron chi connectivity index (χ0n) is 39.3. The van der Waals surface area contributed by atoms with E-state index in [1.54, 1.807) is 0 Å². The van der Waals surface area contributed by atoms with Gasteiger partial charge in [0.05, 0.1) is 0 Å². The van der Waals surface area contributed by atoms with Crippen molar-refractivity contribution in [2.75, 3.05) is 13.2 Å². The summed E-state index contributed by atoms with van der Waals surface area (Å²) in [7, 11) is 0. The molecule has 0 radical (unpaired) electrons. The van der Waals surface area contributed by atoms with Crippen LogP contribution in [0.5, 0.6) is 0 Å². The minimum Gasteiger partial charge on any atom is -0.462 e. The van der Waals surface area contributed by atoms with E-state index >= 15 is 0 Å². The lowest BCUT2D eigenvalue weighted by atomic mass is 10.0. The van der Waals surface area contributed by atoms with E-state index in [1.165, 1.54) is 141 Å². The van der Waals surface area contributed by atoms with Gasteiger partial charge in [-0.3, -0.25) is 14.4 Å². The van der Waals surface area contributed by atoms with Crippen LogP contribution in [0.1, 0.15) is 265 Å². The molecule has 344 valence electrons. The lowest BCUT2D eigenvalue weighted by Gasteiger charge is -2.18. The van der Waals surface area contributed by atoms with Crippen molar-refractivity contribution < 1.29 is 28.6 Å². The molecular weight excluding hydrogens is 733 g/mol. The van der Waals surface area contributed by atoms with Crippen LogP contribution in [0.3, 0.4) is 0 Å². The summed E-state index contributed by atoms with van der Waals surface area (Å²) >= 11 is 0. The van der Waals surface area contributed by atoms with Crippen molar-refractivity contribution in [2.45, 2.75) is 271 Å². The highest BCUT2D eigenvalue weighted by molar-refractivity contribution is 5.71. The maximum atomic E-state index is 12.8. The van der Waals surface area contributed by atoms with Crippen molar-refractivity contribution in [3.63, 3.8) is 0 Å². The number of allylic oxidation sites excluding steroid dienone is 6. The number of hydrogen-bond acceptors (Lipinski definition) is 6. The Hall–Kier alpha value is -2.37. The monoisotopic (exact) mass is 829 g/mol. The highest BCUT2D eigenvalue weighted by Crippen LogP contribution is 2.15. The average Bonchev–Trinajstić information content (AvgIpc) is 3.23. The second kappa shape index (κ2) is 48.3. The SMILES string of the molecule is CCCCC/C=C\C/C=C\CCCCCCCC(=O)OC[C@H](COC(=O)CCCCCCC/C=C\CCCCCC)OC(=O)CCCCCCCCCCCCCCC. The molecule has 1 atom stereocenters. The highest BCUT2D eigenvalue weighted by Gasteiger charge is 2.19. The van der Waals surface area contributed by atoms with E-state index in [4.69, 9.17) is 14.2 Å². The maximum Gasteiger partial charge on any atom is 0.306 e. The molecule has 0 aliphatic rings. The maximum absolute atomic E-state index is 12.8. The topological polar surface area (TPSA) is 78.9 Å². The first-order valence-corrected chi connectivity index (χ1v) is 25.5. The lowest BCUT2D eigenvalue weighted by molar-refractivity contribution is -0.167. The first kappa shape index (κ1) is 56.6. The van der Waals surface area contributed by atoms with Gasteiger partial charge in [0.1, 0.15) is 13.2 Å². The van der Waals surface area contributed by atoms with Crippen LogP contribution in [0, 0.1) is 0 Å². The van der Waals surface area contributed by atoms with Gasteiger partial charge in [-0.25, -0.2) is 0 Å². The smallest absolute Gasteiger partial charge is 0.306 e. The first-order chi connectivity index (χ1) is 29.0. The van der Waals surface area contributed by atoms with E-state index in [-0.39, 0.29) is 31.1 Å². The van der Waals surface area contributed by atoms with Crippen LogP contribution < -0.4 is 0 Å². The van der Waals surface area contributed by atoms with Gasteiger partial charge in [0.25, 0.3) is 0 Å². The van der Waals surface area contributed by atoms with Gasteiger partial charge in [-0.15, -0.1) is 0 Å². The predicted molar refractivity (Wildman–Crippen MR) is 252 cm³/mol. The minimum absolute atomic E-state index is 0.0784. The number of carbonyl (C=O) groups excluding carboxylic acids is 3. The minimum atomic E-state index is -0.776. The fourth-order valence-electron chi connectivity index (χ4n) is 7.23. The molecule has 0 bridgehead atoms. The van der Waals surface area contributed by atoms with Gasteiger partial charge in [0.15, 0.2) is 6.10 Å². The fourth-order valence-corrected chi connectivity index (χ4v) is 7.23. The van der Waals surface area contributed by atoms with Gasteiger partial charge >= 0.3 is 17.9 Å². The molecule has 0 aliphatic carbocycles. The van der Waals surface area contributed by atoms with Crippen LogP contribution in [-0.2, 0) is 28.6 Å². The van der Waals surface area contributed by atoms with Crippen LogP contribution in [0.25, 0.3) is 0 Å². The van der Waals surface area contributed by atoms with Gasteiger partial charge in [-0.05, 0) is 77.0 Å². The number of unbranched alkanes of at least 4 members (excludes halogenated alkanes) is 29. The van der Waals surface area contributed by atoms with Crippen molar-refractivity contribution in [1.29, 1.82) is 0 Å². The van der Waals surface area contributed by atoms with Crippen LogP contribution in [0.2, 0.25) is 0 Å². The molecule has 6 heteroatoms. The second-order valence-corrected chi connectivity index (χ2v) is 17.1. The molecule has 0 aromatic rings. The molecule has 0 aliphatic heterocycles. The average molecular weight is 829 g/mol. The Balaban J connectivity index is 4.39. The summed E-state index contributed by atoms with van der Waals surface area (Å²) in [4.78, 5) is 37.9. The number of esters is 3. The van der Waals surface area contributed by atoms with E-state index in [0.717, 1.165) is 83.5 Å². The molecule has 0 aromatic carbocycles. The summed E-state index contributed by atoms with van der Waals surface area (Å²) in [5, 5.41) is 0. The number of carbonyl (C=O) groups is 3. The number of rotatable bonds is 46. The zero-order valence-corrected chi connectivity index (χ0v) is 39.3. The molecule has 0 saturated heterocycles. The molecular formula is C53H96O6. The van der Waals surface area contributed by atoms with Gasteiger partial charge in [0.2, 0.25) is 0 Å². The van der Waals surface area contributed by atoms with Crippen molar-refractivity contribution in [3.05, 3.63) is 36.5 Å². The molecule has 0 fully saturated rings. The van der Waals surface area contributed by atoms with Gasteiger partial charge in [0, 0.05) is 19.3 Å². The Morgan fingerprint density at radius 2 is 0.610 bits per heavy atom. The van der Waals surface area contributed by atoms with E-state index in [1.807, 2.05) is 0 Å². The molecule has 0 heterocycles. The summed E-state index contributed by atoms with van der Waals surface area (Å²) in [5.74, 6) is -0.891. The van der Waals surface area contributed by atoms with E-state index in [2.05, 4.69) is 57.2 Å². The molecule has 0 amide bonds. The largest absolute Gasteiger partial charge is 0.462 e. The summed E-state index contributed by atoms with van der Waals surface area (Å²) in [6, 6.07) is 0. The van der Waals surface area contributed by atoms with E-state index in [9.17, 15) is 14.4 Å². The Morgan fingerprint density at radius 3 is 1.00 bits per heavy atom. The van der Waals surface area contributed by atoms with E-state index in [0.29, 0.717) is 19.3 Å². The molecule has 59 heavy (non-hydrogen) atoms. The summed E-state index contributed by atoms with van der Waals surface area (Å²) in [6.07, 6.45) is 55.5. The highest BCUT2D eigenvalue weighted by atomic mass is 16.6. The third-order valence-corrected chi connectivity index (χ3v) is 11.1. The standard InChI is InChI=1S/C53H96O6/c1-4-7-10-13-16-19-22-25-26-29-31-34-37-40-43-46-52(55)58-49-50(59-53(56)47-44-41-38-35-32-28-24-21-18-15-12-9-6-3)48-57-51(54)45-42-39-36-33-30-27-23-20-17-14-11-8-5-2/h16,19-20,23,25-26,50H,4-15,17-18,21-22,24,27-49H2,1-3H3/b19-16-,23-20-,26-25-/t50-/m0/s1. The molecule has 0 spiro atoms. The van der Waals surface area contributed by atoms with E-state index < -0.39 is 6.10 Å². The van der Waals surface area contributed by atoms with Crippen molar-refractivity contribution >= 4 is 17.9 Å². The zero-order chi connectivity index (χ0) is 43.0. The molecule has 0 N–H and O–H groups in total. The van der Waals surface area contributed by atoms with Crippen molar-refractivity contribution in [3.8, 4) is 0 Å². The summed E-state index contributed by atoms with van der Waals surface area (Å²) in [5.41, 5.74) is 0. The van der Waals surface area contributed by atoms with Crippen LogP contribution >= 0.6 is 0 Å². The molecule has 0 rings (SSSR count). The Bertz CT molecular complexity index is 1000. The Labute approximate surface area is 365 Å². The normalized spacial score (nSPS) is 12.3. The predicted octanol–water partition coefficient (Wildman–Crippen LogP) is 16.5. The third kappa shape index (κ3) is 46.5. The Morgan fingerprint density at radius 1 is 0.339 bits per heavy atom.